The molecule has 1 aliphatic rings. The third kappa shape index (κ3) is 3.41. The van der Waals surface area contributed by atoms with Gasteiger partial charge in [0.15, 0.2) is 0 Å². The van der Waals surface area contributed by atoms with Crippen LogP contribution in [0.1, 0.15) is 23.8 Å². The Bertz CT molecular complexity index is 810. The number of nitrogens with zero attached hydrogens (tertiary/aromatic N) is 2. The lowest BCUT2D eigenvalue weighted by atomic mass is 9.99. The van der Waals surface area contributed by atoms with Gasteiger partial charge in [0, 0.05) is 12.1 Å². The zero-order valence-electron chi connectivity index (χ0n) is 14.9. The number of benzene rings is 1. The fourth-order valence-corrected chi connectivity index (χ4v) is 3.16. The van der Waals surface area contributed by atoms with E-state index < -0.39 is 17.7 Å². The lowest BCUT2D eigenvalue weighted by molar-refractivity contribution is -0.140. The summed E-state index contributed by atoms with van der Waals surface area (Å²) < 4.78 is 5.49. The first-order valence-corrected chi connectivity index (χ1v) is 8.52. The monoisotopic (exact) mass is 354 g/mol. The fourth-order valence-electron chi connectivity index (χ4n) is 3.16. The molecular weight excluding hydrogens is 332 g/mol. The SMILES string of the molecule is CN(C)CCCN1C(=O)C(=O)/C(=C(/O)c2ccccc2)[C@@H]1c1ccco1. The highest BCUT2D eigenvalue weighted by atomic mass is 16.3. The summed E-state index contributed by atoms with van der Waals surface area (Å²) in [6, 6.07) is 11.5. The van der Waals surface area contributed by atoms with Crippen LogP contribution in [0.3, 0.4) is 0 Å². The van der Waals surface area contributed by atoms with Gasteiger partial charge in [0.05, 0.1) is 11.8 Å². The van der Waals surface area contributed by atoms with E-state index in [1.54, 1.807) is 36.4 Å². The first kappa shape index (κ1) is 17.9. The first-order valence-electron chi connectivity index (χ1n) is 8.52. The van der Waals surface area contributed by atoms with Crippen molar-refractivity contribution in [3.8, 4) is 0 Å². The van der Waals surface area contributed by atoms with Crippen molar-refractivity contribution in [2.45, 2.75) is 12.5 Å². The summed E-state index contributed by atoms with van der Waals surface area (Å²) in [7, 11) is 3.90. The predicted molar refractivity (Wildman–Crippen MR) is 97.3 cm³/mol. The number of hydrogen-bond acceptors (Lipinski definition) is 5. The maximum absolute atomic E-state index is 12.7. The van der Waals surface area contributed by atoms with Crippen LogP contribution >= 0.6 is 0 Å². The maximum Gasteiger partial charge on any atom is 0.295 e. The van der Waals surface area contributed by atoms with Crippen LogP contribution in [0.4, 0.5) is 0 Å². The quantitative estimate of drug-likeness (QED) is 0.490. The smallest absolute Gasteiger partial charge is 0.295 e. The van der Waals surface area contributed by atoms with Crippen LogP contribution in [0.5, 0.6) is 0 Å². The average Bonchev–Trinajstić information content (AvgIpc) is 3.24. The Kier molecular flexibility index (Phi) is 5.23. The zero-order chi connectivity index (χ0) is 18.7. The van der Waals surface area contributed by atoms with Crippen molar-refractivity contribution >= 4 is 17.4 Å². The molecule has 136 valence electrons. The van der Waals surface area contributed by atoms with Crippen LogP contribution in [-0.2, 0) is 9.59 Å². The minimum absolute atomic E-state index is 0.0704. The Morgan fingerprint density at radius 2 is 1.88 bits per heavy atom. The van der Waals surface area contributed by atoms with E-state index in [0.29, 0.717) is 24.3 Å². The summed E-state index contributed by atoms with van der Waals surface area (Å²) in [5, 5.41) is 10.7. The van der Waals surface area contributed by atoms with Crippen molar-refractivity contribution in [1.82, 2.24) is 9.80 Å². The predicted octanol–water partition coefficient (Wildman–Crippen LogP) is 2.65. The number of carbonyl (C=O) groups excluding carboxylic acids is 2. The van der Waals surface area contributed by atoms with E-state index in [2.05, 4.69) is 0 Å². The lowest BCUT2D eigenvalue weighted by Gasteiger charge is -2.23. The standard InChI is InChI=1S/C20H22N2O4/c1-21(2)11-7-12-22-17(15-10-6-13-26-15)16(19(24)20(22)25)18(23)14-8-4-3-5-9-14/h3-6,8-10,13,17,23H,7,11-12H2,1-2H3/b18-16+/t17-/m0/s1. The molecule has 1 N–H and O–H groups in total. The summed E-state index contributed by atoms with van der Waals surface area (Å²) in [5.41, 5.74) is 0.566. The fraction of sp³-hybridized carbons (Fsp3) is 0.300. The van der Waals surface area contributed by atoms with Crippen molar-refractivity contribution in [3.63, 3.8) is 0 Å². The number of hydrogen-bond donors (Lipinski definition) is 1. The summed E-state index contributed by atoms with van der Waals surface area (Å²) in [6.07, 6.45) is 2.21. The van der Waals surface area contributed by atoms with Gasteiger partial charge in [-0.15, -0.1) is 0 Å². The molecule has 1 fully saturated rings. The normalized spacial score (nSPS) is 19.5. The number of furan rings is 1. The van der Waals surface area contributed by atoms with Gasteiger partial charge < -0.3 is 19.3 Å². The summed E-state index contributed by atoms with van der Waals surface area (Å²) >= 11 is 0. The highest BCUT2D eigenvalue weighted by Crippen LogP contribution is 2.39. The van der Waals surface area contributed by atoms with E-state index in [9.17, 15) is 14.7 Å². The molecular formula is C20H22N2O4. The molecule has 1 aliphatic heterocycles. The molecule has 0 bridgehead atoms. The van der Waals surface area contributed by atoms with Crippen molar-refractivity contribution in [3.05, 3.63) is 65.6 Å². The molecule has 0 aliphatic carbocycles. The number of Topliss-reactive ketones (excluding diaryl/α,β-unsaturated/α-hetero) is 1. The second-order valence-electron chi connectivity index (χ2n) is 6.53. The molecule has 1 aromatic heterocycles. The van der Waals surface area contributed by atoms with E-state index in [4.69, 9.17) is 4.42 Å². The second kappa shape index (κ2) is 7.58. The Morgan fingerprint density at radius 1 is 1.15 bits per heavy atom. The van der Waals surface area contributed by atoms with Gasteiger partial charge in [-0.3, -0.25) is 9.59 Å². The number of amides is 1. The van der Waals surface area contributed by atoms with Gasteiger partial charge in [0.25, 0.3) is 11.7 Å². The minimum atomic E-state index is -0.715. The summed E-state index contributed by atoms with van der Waals surface area (Å²) in [5.74, 6) is -1.01. The molecule has 1 amide bonds. The number of likely N-dealkylation sites (tertiary alicyclic amines) is 1. The Hall–Kier alpha value is -2.86. The molecule has 26 heavy (non-hydrogen) atoms. The first-order chi connectivity index (χ1) is 12.5. The zero-order valence-corrected chi connectivity index (χ0v) is 14.9. The molecule has 1 aromatic carbocycles. The van der Waals surface area contributed by atoms with Crippen molar-refractivity contribution in [2.24, 2.45) is 0 Å². The summed E-state index contributed by atoms with van der Waals surface area (Å²) in [6.45, 7) is 1.19. The number of ketones is 1. The number of aliphatic hydroxyl groups is 1. The number of carbonyl (C=O) groups is 2. The topological polar surface area (TPSA) is 74.0 Å². The van der Waals surface area contributed by atoms with Gasteiger partial charge in [0.2, 0.25) is 0 Å². The molecule has 6 heteroatoms. The largest absolute Gasteiger partial charge is 0.507 e. The van der Waals surface area contributed by atoms with Gasteiger partial charge in [-0.25, -0.2) is 0 Å². The van der Waals surface area contributed by atoms with Crippen LogP contribution in [0.2, 0.25) is 0 Å². The van der Waals surface area contributed by atoms with E-state index in [-0.39, 0.29) is 11.3 Å². The van der Waals surface area contributed by atoms with Gasteiger partial charge >= 0.3 is 0 Å². The van der Waals surface area contributed by atoms with Crippen LogP contribution < -0.4 is 0 Å². The number of rotatable bonds is 6. The van der Waals surface area contributed by atoms with E-state index in [0.717, 1.165) is 6.54 Å². The van der Waals surface area contributed by atoms with Gasteiger partial charge in [0.1, 0.15) is 17.6 Å². The number of aliphatic hydroxyl groups excluding tert-OH is 1. The summed E-state index contributed by atoms with van der Waals surface area (Å²) in [4.78, 5) is 28.8. The van der Waals surface area contributed by atoms with E-state index in [1.165, 1.54) is 11.2 Å². The van der Waals surface area contributed by atoms with Crippen LogP contribution in [-0.4, -0.2) is 53.8 Å². The van der Waals surface area contributed by atoms with E-state index >= 15 is 0 Å². The highest BCUT2D eigenvalue weighted by molar-refractivity contribution is 6.46. The molecule has 6 nitrogen and oxygen atoms in total. The third-order valence-electron chi connectivity index (χ3n) is 4.40. The van der Waals surface area contributed by atoms with Crippen LogP contribution in [0.25, 0.3) is 5.76 Å². The molecule has 1 atom stereocenters. The van der Waals surface area contributed by atoms with Gasteiger partial charge in [-0.05, 0) is 39.2 Å². The van der Waals surface area contributed by atoms with Crippen LogP contribution in [0, 0.1) is 0 Å². The molecule has 3 rings (SSSR count). The van der Waals surface area contributed by atoms with Crippen LogP contribution in [0.15, 0.2) is 58.7 Å². The van der Waals surface area contributed by atoms with Crippen molar-refractivity contribution in [1.29, 1.82) is 0 Å². The van der Waals surface area contributed by atoms with Crippen molar-refractivity contribution < 1.29 is 19.1 Å². The third-order valence-corrected chi connectivity index (χ3v) is 4.40. The maximum atomic E-state index is 12.7. The Morgan fingerprint density at radius 3 is 2.50 bits per heavy atom. The van der Waals surface area contributed by atoms with Crippen molar-refractivity contribution in [2.75, 3.05) is 27.2 Å². The average molecular weight is 354 g/mol. The molecule has 0 spiro atoms. The highest BCUT2D eigenvalue weighted by Gasteiger charge is 2.47. The second-order valence-corrected chi connectivity index (χ2v) is 6.53. The molecule has 0 radical (unpaired) electrons. The van der Waals surface area contributed by atoms with E-state index in [1.807, 2.05) is 25.1 Å². The molecule has 1 saturated heterocycles. The molecule has 2 heterocycles. The Balaban J connectivity index is 2.02. The minimum Gasteiger partial charge on any atom is -0.507 e. The molecule has 2 aromatic rings. The Labute approximate surface area is 152 Å². The van der Waals surface area contributed by atoms with Gasteiger partial charge in [-0.1, -0.05) is 30.3 Å². The molecule has 0 unspecified atom stereocenters. The molecule has 0 saturated carbocycles. The lowest BCUT2D eigenvalue weighted by Crippen LogP contribution is -2.32. The van der Waals surface area contributed by atoms with Gasteiger partial charge in [-0.2, -0.15) is 0 Å².